The van der Waals surface area contributed by atoms with E-state index >= 15 is 0 Å². The summed E-state index contributed by atoms with van der Waals surface area (Å²) in [4.78, 5) is 22.7. The Morgan fingerprint density at radius 1 is 1.29 bits per heavy atom. The fourth-order valence-electron chi connectivity index (χ4n) is 1.86. The van der Waals surface area contributed by atoms with Crippen molar-refractivity contribution in [1.29, 1.82) is 0 Å². The molecule has 0 fully saturated rings. The standard InChI is InChI=1S/C13H14N2O2/c1-9(16)14-7-13(17)11-8-15(2)12-6-4-3-5-10(11)12/h3-6,8H,7H2,1-2H3,(H,14,16). The Balaban J connectivity index is 2.35. The molecule has 17 heavy (non-hydrogen) atoms. The zero-order valence-electron chi connectivity index (χ0n) is 9.86. The van der Waals surface area contributed by atoms with Crippen LogP contribution in [0.2, 0.25) is 0 Å². The quantitative estimate of drug-likeness (QED) is 0.812. The smallest absolute Gasteiger partial charge is 0.217 e. The summed E-state index contributed by atoms with van der Waals surface area (Å²) in [5, 5.41) is 3.44. The third-order valence-corrected chi connectivity index (χ3v) is 2.70. The van der Waals surface area contributed by atoms with Gasteiger partial charge in [-0.15, -0.1) is 0 Å². The van der Waals surface area contributed by atoms with Crippen molar-refractivity contribution in [3.05, 3.63) is 36.0 Å². The van der Waals surface area contributed by atoms with E-state index in [1.54, 1.807) is 6.20 Å². The molecule has 1 aromatic heterocycles. The van der Waals surface area contributed by atoms with Gasteiger partial charge in [-0.05, 0) is 6.07 Å². The van der Waals surface area contributed by atoms with E-state index in [0.29, 0.717) is 5.56 Å². The molecule has 0 aliphatic rings. The number of nitrogens with zero attached hydrogens (tertiary/aromatic N) is 1. The van der Waals surface area contributed by atoms with Crippen LogP contribution in [0, 0.1) is 0 Å². The lowest BCUT2D eigenvalue weighted by atomic mass is 10.1. The molecule has 2 aromatic rings. The zero-order valence-corrected chi connectivity index (χ0v) is 9.86. The third kappa shape index (κ3) is 2.20. The van der Waals surface area contributed by atoms with Gasteiger partial charge in [-0.25, -0.2) is 0 Å². The van der Waals surface area contributed by atoms with Gasteiger partial charge in [0.25, 0.3) is 0 Å². The first-order valence-electron chi connectivity index (χ1n) is 5.41. The first kappa shape index (κ1) is 11.4. The number of benzene rings is 1. The Labute approximate surface area is 99.2 Å². The number of para-hydroxylation sites is 1. The highest BCUT2D eigenvalue weighted by molar-refractivity contribution is 6.09. The number of carbonyl (C=O) groups is 2. The Kier molecular flexibility index (Phi) is 2.95. The number of aromatic nitrogens is 1. The molecule has 0 aliphatic heterocycles. The summed E-state index contributed by atoms with van der Waals surface area (Å²) in [6.45, 7) is 1.44. The van der Waals surface area contributed by atoms with Gasteiger partial charge in [-0.2, -0.15) is 0 Å². The maximum Gasteiger partial charge on any atom is 0.217 e. The van der Waals surface area contributed by atoms with Crippen LogP contribution in [0.3, 0.4) is 0 Å². The minimum absolute atomic E-state index is 0.0450. The third-order valence-electron chi connectivity index (χ3n) is 2.70. The molecule has 4 heteroatoms. The van der Waals surface area contributed by atoms with Crippen molar-refractivity contribution in [1.82, 2.24) is 9.88 Å². The number of hydrogen-bond donors (Lipinski definition) is 1. The van der Waals surface area contributed by atoms with E-state index in [1.807, 2.05) is 35.9 Å². The van der Waals surface area contributed by atoms with Crippen LogP contribution < -0.4 is 5.32 Å². The Morgan fingerprint density at radius 2 is 2.00 bits per heavy atom. The molecule has 0 unspecified atom stereocenters. The summed E-state index contributed by atoms with van der Waals surface area (Å²) in [6.07, 6.45) is 1.80. The average Bonchev–Trinajstić information content (AvgIpc) is 2.65. The first-order chi connectivity index (χ1) is 8.09. The molecule has 0 bridgehead atoms. The Hall–Kier alpha value is -2.10. The number of rotatable bonds is 3. The van der Waals surface area contributed by atoms with Crippen LogP contribution in [0.5, 0.6) is 0 Å². The van der Waals surface area contributed by atoms with Crippen LogP contribution in [0.4, 0.5) is 0 Å². The molecular weight excluding hydrogens is 216 g/mol. The van der Waals surface area contributed by atoms with Crippen LogP contribution >= 0.6 is 0 Å². The second-order valence-corrected chi connectivity index (χ2v) is 4.00. The second-order valence-electron chi connectivity index (χ2n) is 4.00. The number of aryl methyl sites for hydroxylation is 1. The lowest BCUT2D eigenvalue weighted by Gasteiger charge is -2.00. The summed E-state index contributed by atoms with van der Waals surface area (Å²) in [7, 11) is 1.90. The lowest BCUT2D eigenvalue weighted by Crippen LogP contribution is -2.27. The highest BCUT2D eigenvalue weighted by Crippen LogP contribution is 2.20. The van der Waals surface area contributed by atoms with Gasteiger partial charge in [0.1, 0.15) is 0 Å². The summed E-state index contributed by atoms with van der Waals surface area (Å²) in [5.41, 5.74) is 1.66. The van der Waals surface area contributed by atoms with Crippen LogP contribution in [0.1, 0.15) is 17.3 Å². The Bertz CT molecular complexity index is 584. The van der Waals surface area contributed by atoms with E-state index in [0.717, 1.165) is 10.9 Å². The minimum atomic E-state index is -0.196. The van der Waals surface area contributed by atoms with Gasteiger partial charge in [0.05, 0.1) is 6.54 Å². The second kappa shape index (κ2) is 4.41. The largest absolute Gasteiger partial charge is 0.350 e. The zero-order chi connectivity index (χ0) is 12.4. The normalized spacial score (nSPS) is 10.5. The van der Waals surface area contributed by atoms with E-state index in [9.17, 15) is 9.59 Å². The van der Waals surface area contributed by atoms with Gasteiger partial charge in [-0.3, -0.25) is 9.59 Å². The molecule has 1 aromatic carbocycles. The number of carbonyl (C=O) groups excluding carboxylic acids is 2. The number of hydrogen-bond acceptors (Lipinski definition) is 2. The molecule has 88 valence electrons. The molecule has 0 aliphatic carbocycles. The first-order valence-corrected chi connectivity index (χ1v) is 5.41. The van der Waals surface area contributed by atoms with Crippen molar-refractivity contribution in [2.24, 2.45) is 7.05 Å². The van der Waals surface area contributed by atoms with E-state index in [1.165, 1.54) is 6.92 Å². The molecule has 1 heterocycles. The minimum Gasteiger partial charge on any atom is -0.350 e. The van der Waals surface area contributed by atoms with Gasteiger partial charge in [0, 0.05) is 36.6 Å². The molecular formula is C13H14N2O2. The molecule has 0 radical (unpaired) electrons. The van der Waals surface area contributed by atoms with Gasteiger partial charge >= 0.3 is 0 Å². The fourth-order valence-corrected chi connectivity index (χ4v) is 1.86. The van der Waals surface area contributed by atoms with Crippen molar-refractivity contribution in [2.75, 3.05) is 6.54 Å². The number of Topliss-reactive ketones (excluding diaryl/α,β-unsaturated/α-hetero) is 1. The van der Waals surface area contributed by atoms with Gasteiger partial charge < -0.3 is 9.88 Å². The molecule has 0 atom stereocenters. The number of nitrogens with one attached hydrogen (secondary N) is 1. The Morgan fingerprint density at radius 3 is 2.71 bits per heavy atom. The fraction of sp³-hybridized carbons (Fsp3) is 0.231. The van der Waals surface area contributed by atoms with Gasteiger partial charge in [0.15, 0.2) is 5.78 Å². The van der Waals surface area contributed by atoms with Crippen molar-refractivity contribution >= 4 is 22.6 Å². The van der Waals surface area contributed by atoms with E-state index in [2.05, 4.69) is 5.32 Å². The van der Waals surface area contributed by atoms with E-state index in [4.69, 9.17) is 0 Å². The highest BCUT2D eigenvalue weighted by Gasteiger charge is 2.13. The van der Waals surface area contributed by atoms with Crippen LogP contribution in [-0.2, 0) is 11.8 Å². The van der Waals surface area contributed by atoms with Gasteiger partial charge in [-0.1, -0.05) is 18.2 Å². The molecule has 4 nitrogen and oxygen atoms in total. The molecule has 1 amide bonds. The topological polar surface area (TPSA) is 51.1 Å². The van der Waals surface area contributed by atoms with Crippen molar-refractivity contribution in [2.45, 2.75) is 6.92 Å². The van der Waals surface area contributed by atoms with E-state index < -0.39 is 0 Å². The van der Waals surface area contributed by atoms with Crippen molar-refractivity contribution in [3.63, 3.8) is 0 Å². The van der Waals surface area contributed by atoms with Gasteiger partial charge in [0.2, 0.25) is 5.91 Å². The summed E-state index contributed by atoms with van der Waals surface area (Å²) in [5.74, 6) is -0.268. The number of ketones is 1. The van der Waals surface area contributed by atoms with Crippen molar-refractivity contribution < 1.29 is 9.59 Å². The van der Waals surface area contributed by atoms with Crippen LogP contribution in [0.15, 0.2) is 30.5 Å². The predicted octanol–water partition coefficient (Wildman–Crippen LogP) is 1.50. The van der Waals surface area contributed by atoms with Crippen LogP contribution in [0.25, 0.3) is 10.9 Å². The lowest BCUT2D eigenvalue weighted by molar-refractivity contribution is -0.118. The molecule has 0 spiro atoms. The number of fused-ring (bicyclic) bond motifs is 1. The molecule has 0 saturated carbocycles. The predicted molar refractivity (Wildman–Crippen MR) is 65.9 cm³/mol. The summed E-state index contributed by atoms with van der Waals surface area (Å²) in [6, 6.07) is 7.71. The van der Waals surface area contributed by atoms with Crippen LogP contribution in [-0.4, -0.2) is 22.8 Å². The maximum absolute atomic E-state index is 11.9. The highest BCUT2D eigenvalue weighted by atomic mass is 16.2. The average molecular weight is 230 g/mol. The maximum atomic E-state index is 11.9. The number of amides is 1. The molecule has 2 rings (SSSR count). The molecule has 1 N–H and O–H groups in total. The van der Waals surface area contributed by atoms with E-state index in [-0.39, 0.29) is 18.2 Å². The monoisotopic (exact) mass is 230 g/mol. The molecule has 0 saturated heterocycles. The SMILES string of the molecule is CC(=O)NCC(=O)c1cn(C)c2ccccc12. The summed E-state index contributed by atoms with van der Waals surface area (Å²) < 4.78 is 1.91. The van der Waals surface area contributed by atoms with Crippen molar-refractivity contribution in [3.8, 4) is 0 Å². The summed E-state index contributed by atoms with van der Waals surface area (Å²) >= 11 is 0.